The van der Waals surface area contributed by atoms with Crippen LogP contribution in [0, 0.1) is 5.92 Å². The maximum absolute atomic E-state index is 12.9. The predicted octanol–water partition coefficient (Wildman–Crippen LogP) is 1.96. The minimum absolute atomic E-state index is 0.132. The van der Waals surface area contributed by atoms with Gasteiger partial charge in [0.2, 0.25) is 0 Å². The Balaban J connectivity index is 2.04. The number of carboxylic acids is 1. The van der Waals surface area contributed by atoms with Crippen LogP contribution in [-0.2, 0) is 22.6 Å². The fourth-order valence-electron chi connectivity index (χ4n) is 3.08. The lowest BCUT2D eigenvalue weighted by atomic mass is 10.1. The van der Waals surface area contributed by atoms with Crippen LogP contribution in [0.3, 0.4) is 0 Å². The number of benzene rings is 1. The van der Waals surface area contributed by atoms with E-state index in [2.05, 4.69) is 13.8 Å². The summed E-state index contributed by atoms with van der Waals surface area (Å²) < 4.78 is 14.4. The van der Waals surface area contributed by atoms with Crippen molar-refractivity contribution in [2.45, 2.75) is 39.5 Å². The van der Waals surface area contributed by atoms with Crippen molar-refractivity contribution in [2.75, 3.05) is 19.8 Å². The Hall–Kier alpha value is -2.12. The average Bonchev–Trinajstić information content (AvgIpc) is 2.85. The summed E-state index contributed by atoms with van der Waals surface area (Å²) in [7, 11) is 0. The van der Waals surface area contributed by atoms with Crippen molar-refractivity contribution < 1.29 is 19.4 Å². The smallest absolute Gasteiger partial charge is 0.335 e. The van der Waals surface area contributed by atoms with Gasteiger partial charge in [0.25, 0.3) is 0 Å². The molecule has 7 nitrogen and oxygen atoms in total. The van der Waals surface area contributed by atoms with Crippen LogP contribution in [0.1, 0.15) is 30.6 Å². The SMILES string of the molecule is CC(C)CCn1c(=O)n(C[C@H]2COCCO2)c2cc(C(=O)O)ccc21. The molecule has 1 fully saturated rings. The Morgan fingerprint density at radius 2 is 2.08 bits per heavy atom. The molecule has 0 bridgehead atoms. The minimum Gasteiger partial charge on any atom is -0.478 e. The molecule has 25 heavy (non-hydrogen) atoms. The van der Waals surface area contributed by atoms with Gasteiger partial charge in [0.05, 0.1) is 49.1 Å². The highest BCUT2D eigenvalue weighted by Gasteiger charge is 2.21. The van der Waals surface area contributed by atoms with Crippen LogP contribution in [0.25, 0.3) is 11.0 Å². The molecule has 0 unspecified atom stereocenters. The van der Waals surface area contributed by atoms with E-state index < -0.39 is 5.97 Å². The van der Waals surface area contributed by atoms with E-state index >= 15 is 0 Å². The first kappa shape index (κ1) is 17.7. The number of carbonyl (C=O) groups is 1. The zero-order chi connectivity index (χ0) is 18.0. The zero-order valence-electron chi connectivity index (χ0n) is 14.6. The third kappa shape index (κ3) is 3.77. The number of aryl methyl sites for hydroxylation is 1. The molecule has 1 N–H and O–H groups in total. The average molecular weight is 348 g/mol. The number of hydrogen-bond donors (Lipinski definition) is 1. The molecular formula is C18H24N2O5. The summed E-state index contributed by atoms with van der Waals surface area (Å²) in [6, 6.07) is 4.82. The Bertz CT molecular complexity index is 815. The van der Waals surface area contributed by atoms with Gasteiger partial charge < -0.3 is 14.6 Å². The molecule has 0 amide bonds. The van der Waals surface area contributed by atoms with Crippen molar-refractivity contribution in [1.82, 2.24) is 9.13 Å². The molecule has 2 heterocycles. The van der Waals surface area contributed by atoms with Gasteiger partial charge in [-0.2, -0.15) is 0 Å². The zero-order valence-corrected chi connectivity index (χ0v) is 14.6. The van der Waals surface area contributed by atoms with Crippen molar-refractivity contribution >= 4 is 17.0 Å². The quantitative estimate of drug-likeness (QED) is 0.863. The molecule has 1 atom stereocenters. The summed E-state index contributed by atoms with van der Waals surface area (Å²) in [5.74, 6) is -0.535. The lowest BCUT2D eigenvalue weighted by molar-refractivity contribution is -0.0935. The number of nitrogens with zero attached hydrogens (tertiary/aromatic N) is 2. The van der Waals surface area contributed by atoms with Crippen LogP contribution in [0.5, 0.6) is 0 Å². The van der Waals surface area contributed by atoms with E-state index in [1.54, 1.807) is 27.3 Å². The largest absolute Gasteiger partial charge is 0.478 e. The number of fused-ring (bicyclic) bond motifs is 1. The second kappa shape index (κ2) is 7.41. The van der Waals surface area contributed by atoms with E-state index in [4.69, 9.17) is 9.47 Å². The molecule has 1 aliphatic heterocycles. The van der Waals surface area contributed by atoms with Crippen LogP contribution < -0.4 is 5.69 Å². The highest BCUT2D eigenvalue weighted by atomic mass is 16.6. The van der Waals surface area contributed by atoms with Crippen LogP contribution in [0.4, 0.5) is 0 Å². The van der Waals surface area contributed by atoms with Crippen molar-refractivity contribution in [1.29, 1.82) is 0 Å². The maximum atomic E-state index is 12.9. The first-order valence-electron chi connectivity index (χ1n) is 8.63. The Morgan fingerprint density at radius 3 is 2.72 bits per heavy atom. The minimum atomic E-state index is -1.01. The molecule has 1 aromatic carbocycles. The third-order valence-electron chi connectivity index (χ3n) is 4.47. The highest BCUT2D eigenvalue weighted by Crippen LogP contribution is 2.18. The molecule has 0 radical (unpaired) electrons. The number of aromatic nitrogens is 2. The van der Waals surface area contributed by atoms with E-state index in [1.807, 2.05) is 0 Å². The number of aromatic carboxylic acids is 1. The first-order chi connectivity index (χ1) is 12.0. The highest BCUT2D eigenvalue weighted by molar-refractivity contribution is 5.92. The molecular weight excluding hydrogens is 324 g/mol. The van der Waals surface area contributed by atoms with Crippen LogP contribution >= 0.6 is 0 Å². The van der Waals surface area contributed by atoms with E-state index in [0.717, 1.165) is 11.9 Å². The Labute approximate surface area is 145 Å². The van der Waals surface area contributed by atoms with Crippen molar-refractivity contribution in [3.8, 4) is 0 Å². The van der Waals surface area contributed by atoms with E-state index in [-0.39, 0.29) is 17.4 Å². The summed E-state index contributed by atoms with van der Waals surface area (Å²) in [5.41, 5.74) is 1.42. The van der Waals surface area contributed by atoms with Crippen molar-refractivity contribution in [3.05, 3.63) is 34.2 Å². The van der Waals surface area contributed by atoms with Gasteiger partial charge in [-0.05, 0) is 30.5 Å². The van der Waals surface area contributed by atoms with Gasteiger partial charge in [-0.25, -0.2) is 9.59 Å². The molecule has 1 aromatic heterocycles. The molecule has 0 aliphatic carbocycles. The lowest BCUT2D eigenvalue weighted by Gasteiger charge is -2.23. The van der Waals surface area contributed by atoms with Gasteiger partial charge in [0.15, 0.2) is 0 Å². The number of imidazole rings is 1. The van der Waals surface area contributed by atoms with E-state index in [9.17, 15) is 14.7 Å². The summed E-state index contributed by atoms with van der Waals surface area (Å²) in [6.07, 6.45) is 0.673. The van der Waals surface area contributed by atoms with Gasteiger partial charge in [0.1, 0.15) is 0 Å². The van der Waals surface area contributed by atoms with Gasteiger partial charge in [0, 0.05) is 6.54 Å². The molecule has 1 aliphatic rings. The topological polar surface area (TPSA) is 82.7 Å². The normalized spacial score (nSPS) is 18.1. The molecule has 7 heteroatoms. The summed E-state index contributed by atoms with van der Waals surface area (Å²) >= 11 is 0. The van der Waals surface area contributed by atoms with Crippen molar-refractivity contribution in [3.63, 3.8) is 0 Å². The molecule has 2 aromatic rings. The van der Waals surface area contributed by atoms with E-state index in [1.165, 1.54) is 0 Å². The second-order valence-electron chi connectivity index (χ2n) is 6.80. The maximum Gasteiger partial charge on any atom is 0.335 e. The lowest BCUT2D eigenvalue weighted by Crippen LogP contribution is -2.36. The van der Waals surface area contributed by atoms with E-state index in [0.29, 0.717) is 44.3 Å². The Morgan fingerprint density at radius 1 is 1.28 bits per heavy atom. The summed E-state index contributed by atoms with van der Waals surface area (Å²) in [6.45, 7) is 6.68. The Kier molecular flexibility index (Phi) is 5.24. The molecule has 0 spiro atoms. The summed E-state index contributed by atoms with van der Waals surface area (Å²) in [5, 5.41) is 9.27. The van der Waals surface area contributed by atoms with Crippen molar-refractivity contribution in [2.24, 2.45) is 5.92 Å². The molecule has 1 saturated heterocycles. The second-order valence-corrected chi connectivity index (χ2v) is 6.80. The van der Waals surface area contributed by atoms with Gasteiger partial charge in [-0.3, -0.25) is 9.13 Å². The number of rotatable bonds is 6. The summed E-state index contributed by atoms with van der Waals surface area (Å²) in [4.78, 5) is 24.3. The van der Waals surface area contributed by atoms with Crippen LogP contribution in [0.2, 0.25) is 0 Å². The predicted molar refractivity (Wildman–Crippen MR) is 93.2 cm³/mol. The standard InChI is InChI=1S/C18H24N2O5/c1-12(2)5-6-19-15-4-3-13(17(21)22)9-16(15)20(18(19)23)10-14-11-24-7-8-25-14/h3-4,9,12,14H,5-8,10-11H2,1-2H3,(H,21,22)/t14-/m0/s1. The molecule has 3 rings (SSSR count). The molecule has 136 valence electrons. The van der Waals surface area contributed by atoms with Gasteiger partial charge >= 0.3 is 11.7 Å². The number of hydrogen-bond acceptors (Lipinski definition) is 4. The first-order valence-corrected chi connectivity index (χ1v) is 8.63. The fraction of sp³-hybridized carbons (Fsp3) is 0.556. The molecule has 0 saturated carbocycles. The fourth-order valence-corrected chi connectivity index (χ4v) is 3.08. The monoisotopic (exact) mass is 348 g/mol. The van der Waals surface area contributed by atoms with Crippen LogP contribution in [0.15, 0.2) is 23.0 Å². The van der Waals surface area contributed by atoms with Gasteiger partial charge in [-0.1, -0.05) is 13.8 Å². The number of carboxylic acid groups (broad SMARTS) is 1. The van der Waals surface area contributed by atoms with Gasteiger partial charge in [-0.15, -0.1) is 0 Å². The number of ether oxygens (including phenoxy) is 2. The van der Waals surface area contributed by atoms with Crippen LogP contribution in [-0.4, -0.2) is 46.1 Å². The third-order valence-corrected chi connectivity index (χ3v) is 4.47.